The molecule has 0 saturated heterocycles. The number of halogens is 1. The molecule has 2 heterocycles. The fourth-order valence-corrected chi connectivity index (χ4v) is 8.23. The Hall–Kier alpha value is -5.53. The molecule has 0 spiro atoms. The summed E-state index contributed by atoms with van der Waals surface area (Å²) in [6.07, 6.45) is 9.46. The number of benzene rings is 5. The average Bonchev–Trinajstić information content (AvgIpc) is 3.92. The van der Waals surface area contributed by atoms with Gasteiger partial charge in [0, 0.05) is 24.9 Å². The number of hydrogen-bond acceptors (Lipinski definition) is 4. The maximum atomic E-state index is 14.2. The molecule has 0 aliphatic heterocycles. The lowest BCUT2D eigenvalue weighted by atomic mass is 9.77. The van der Waals surface area contributed by atoms with Gasteiger partial charge in [0.05, 0.1) is 12.0 Å². The predicted octanol–water partition coefficient (Wildman–Crippen LogP) is 9.56. The Labute approximate surface area is 302 Å². The molecule has 0 bridgehead atoms. The van der Waals surface area contributed by atoms with Gasteiger partial charge in [-0.15, -0.1) is 10.2 Å². The molecule has 0 amide bonds. The van der Waals surface area contributed by atoms with Gasteiger partial charge in [0.2, 0.25) is 0 Å². The van der Waals surface area contributed by atoms with Crippen LogP contribution in [0.25, 0.3) is 5.57 Å². The van der Waals surface area contributed by atoms with Crippen molar-refractivity contribution in [2.45, 2.75) is 48.7 Å². The molecular weight excluding hydrogens is 650 g/mol. The number of aryl methyl sites for hydroxylation is 1. The van der Waals surface area contributed by atoms with Gasteiger partial charge in [-0.05, 0) is 70.3 Å². The van der Waals surface area contributed by atoms with E-state index in [1.807, 2.05) is 18.5 Å². The van der Waals surface area contributed by atoms with Crippen LogP contribution in [0.1, 0.15) is 51.3 Å². The summed E-state index contributed by atoms with van der Waals surface area (Å²) in [6.45, 7) is 0.747. The van der Waals surface area contributed by atoms with Crippen LogP contribution in [0.3, 0.4) is 0 Å². The fourth-order valence-electron chi connectivity index (χ4n) is 7.29. The molecule has 0 unspecified atom stereocenters. The third-order valence-electron chi connectivity index (χ3n) is 9.75. The molecule has 8 rings (SSSR count). The van der Waals surface area contributed by atoms with Gasteiger partial charge in [0.25, 0.3) is 0 Å². The zero-order chi connectivity index (χ0) is 34.5. The first-order chi connectivity index (χ1) is 25.2. The van der Waals surface area contributed by atoms with Crippen molar-refractivity contribution >= 4 is 17.3 Å². The van der Waals surface area contributed by atoms with E-state index in [4.69, 9.17) is 4.98 Å². The summed E-state index contributed by atoms with van der Waals surface area (Å²) in [5, 5.41) is 10.2. The maximum absolute atomic E-state index is 14.2. The minimum Gasteiger partial charge on any atom is -0.319 e. The lowest BCUT2D eigenvalue weighted by Gasteiger charge is -2.37. The van der Waals surface area contributed by atoms with E-state index >= 15 is 0 Å². The van der Waals surface area contributed by atoms with Gasteiger partial charge in [-0.2, -0.15) is 0 Å². The van der Waals surface area contributed by atoms with E-state index in [9.17, 15) is 4.39 Å². The highest BCUT2D eigenvalue weighted by molar-refractivity contribution is 7.98. The van der Waals surface area contributed by atoms with Crippen molar-refractivity contribution in [3.8, 4) is 0 Å². The van der Waals surface area contributed by atoms with Crippen molar-refractivity contribution < 1.29 is 4.39 Å². The van der Waals surface area contributed by atoms with Gasteiger partial charge < -0.3 is 9.13 Å². The van der Waals surface area contributed by atoms with Crippen LogP contribution < -0.4 is 0 Å². The second-order valence-electron chi connectivity index (χ2n) is 12.9. The number of thioether (sulfide) groups is 1. The zero-order valence-electron chi connectivity index (χ0n) is 28.3. The lowest BCUT2D eigenvalue weighted by Crippen LogP contribution is -2.36. The molecule has 2 aromatic heterocycles. The normalized spacial score (nSPS) is 12.5. The molecule has 7 aromatic rings. The molecule has 1 aliphatic carbocycles. The van der Waals surface area contributed by atoms with E-state index in [1.54, 1.807) is 23.9 Å². The molecule has 0 N–H and O–H groups in total. The molecular formula is C44H38FN5S. The Balaban J connectivity index is 1.08. The molecule has 51 heavy (non-hydrogen) atoms. The van der Waals surface area contributed by atoms with E-state index < -0.39 is 5.54 Å². The summed E-state index contributed by atoms with van der Waals surface area (Å²) in [7, 11) is 0. The van der Waals surface area contributed by atoms with Crippen LogP contribution in [0.5, 0.6) is 0 Å². The topological polar surface area (TPSA) is 48.5 Å². The molecule has 0 fully saturated rings. The standard InChI is InChI=1S/C44H38FN5S/c45-39-26-25-34-23-24-35(41(34)29-39)28-42-47-48-43(51-31-33-14-5-1-6-15-33)50(42)27-13-22-40-30-49(32-46-40)44(36-16-7-2-8-17-36,37-18-9-3-10-19-37)38-20-11-4-12-21-38/h1-12,14-21,24-26,29-30,32H,13,22-23,27-28,31H2. The monoisotopic (exact) mass is 687 g/mol. The molecule has 0 saturated carbocycles. The lowest BCUT2D eigenvalue weighted by molar-refractivity contribution is 0.513. The second-order valence-corrected chi connectivity index (χ2v) is 13.9. The Morgan fingerprint density at radius 1 is 0.725 bits per heavy atom. The van der Waals surface area contributed by atoms with E-state index in [2.05, 4.69) is 147 Å². The fraction of sp³-hybridized carbons (Fsp3) is 0.159. The van der Waals surface area contributed by atoms with Gasteiger partial charge in [0.1, 0.15) is 17.2 Å². The van der Waals surface area contributed by atoms with Crippen LogP contribution in [-0.2, 0) is 37.1 Å². The Kier molecular flexibility index (Phi) is 9.45. The van der Waals surface area contributed by atoms with Crippen molar-refractivity contribution in [1.29, 1.82) is 0 Å². The van der Waals surface area contributed by atoms with Crippen LogP contribution in [0.4, 0.5) is 4.39 Å². The number of imidazole rings is 1. The Bertz CT molecular complexity index is 2150. The number of fused-ring (bicyclic) bond motifs is 1. The van der Waals surface area contributed by atoms with Gasteiger partial charge in [-0.25, -0.2) is 9.37 Å². The molecule has 252 valence electrons. The molecule has 5 aromatic carbocycles. The van der Waals surface area contributed by atoms with Crippen molar-refractivity contribution in [3.63, 3.8) is 0 Å². The van der Waals surface area contributed by atoms with E-state index in [0.717, 1.165) is 64.9 Å². The zero-order valence-corrected chi connectivity index (χ0v) is 29.1. The maximum Gasteiger partial charge on any atom is 0.191 e. The number of rotatable bonds is 13. The smallest absolute Gasteiger partial charge is 0.191 e. The molecule has 0 atom stereocenters. The summed E-state index contributed by atoms with van der Waals surface area (Å²) in [5.41, 5.74) is 8.42. The quantitative estimate of drug-likeness (QED) is 0.0895. The van der Waals surface area contributed by atoms with E-state index in [1.165, 1.54) is 22.3 Å². The Morgan fingerprint density at radius 3 is 2.00 bits per heavy atom. The van der Waals surface area contributed by atoms with Crippen LogP contribution in [0.2, 0.25) is 0 Å². The van der Waals surface area contributed by atoms with E-state index in [0.29, 0.717) is 6.42 Å². The number of hydrogen-bond donors (Lipinski definition) is 0. The molecule has 0 radical (unpaired) electrons. The van der Waals surface area contributed by atoms with Crippen LogP contribution in [0, 0.1) is 5.82 Å². The van der Waals surface area contributed by atoms with Gasteiger partial charge in [-0.1, -0.05) is 145 Å². The molecule has 7 heteroatoms. The minimum atomic E-state index is -0.595. The summed E-state index contributed by atoms with van der Waals surface area (Å²) < 4.78 is 18.8. The summed E-state index contributed by atoms with van der Waals surface area (Å²) in [5.74, 6) is 1.49. The van der Waals surface area contributed by atoms with E-state index in [-0.39, 0.29) is 5.82 Å². The van der Waals surface area contributed by atoms with Gasteiger partial charge >= 0.3 is 0 Å². The van der Waals surface area contributed by atoms with Gasteiger partial charge in [-0.3, -0.25) is 0 Å². The molecule has 5 nitrogen and oxygen atoms in total. The second kappa shape index (κ2) is 14.8. The van der Waals surface area contributed by atoms with Crippen LogP contribution in [0.15, 0.2) is 163 Å². The third-order valence-corrected chi connectivity index (χ3v) is 10.8. The first kappa shape index (κ1) is 32.7. The van der Waals surface area contributed by atoms with Crippen molar-refractivity contribution in [2.75, 3.05) is 0 Å². The van der Waals surface area contributed by atoms with Gasteiger partial charge in [0.15, 0.2) is 5.16 Å². The minimum absolute atomic E-state index is 0.211. The van der Waals surface area contributed by atoms with Crippen molar-refractivity contribution in [3.05, 3.63) is 209 Å². The number of nitrogens with zero attached hydrogens (tertiary/aromatic N) is 5. The SMILES string of the molecule is Fc1ccc2c(c1)C(Cc1nnc(SCc3ccccc3)n1CCCc1cn(C(c3ccccc3)(c3ccccc3)c3ccccc3)cn1)=CC2. The first-order valence-electron chi connectivity index (χ1n) is 17.4. The highest BCUT2D eigenvalue weighted by atomic mass is 32.2. The number of allylic oxidation sites excluding steroid dienone is 2. The summed E-state index contributed by atoms with van der Waals surface area (Å²) in [4.78, 5) is 4.99. The first-order valence-corrected chi connectivity index (χ1v) is 18.4. The Morgan fingerprint density at radius 2 is 1.35 bits per heavy atom. The van der Waals surface area contributed by atoms with Crippen LogP contribution >= 0.6 is 11.8 Å². The third kappa shape index (κ3) is 6.69. The predicted molar refractivity (Wildman–Crippen MR) is 203 cm³/mol. The average molecular weight is 688 g/mol. The largest absolute Gasteiger partial charge is 0.319 e. The number of aromatic nitrogens is 5. The summed E-state index contributed by atoms with van der Waals surface area (Å²) in [6, 6.07) is 47.6. The molecule has 1 aliphatic rings. The van der Waals surface area contributed by atoms with Crippen molar-refractivity contribution in [2.24, 2.45) is 0 Å². The summed E-state index contributed by atoms with van der Waals surface area (Å²) >= 11 is 1.70. The highest BCUT2D eigenvalue weighted by Gasteiger charge is 2.38. The van der Waals surface area contributed by atoms with Crippen molar-refractivity contribution in [1.82, 2.24) is 24.3 Å². The highest BCUT2D eigenvalue weighted by Crippen LogP contribution is 2.41. The van der Waals surface area contributed by atoms with Crippen LogP contribution in [-0.4, -0.2) is 24.3 Å².